The second-order valence-corrected chi connectivity index (χ2v) is 5.35. The number of anilines is 1. The van der Waals surface area contributed by atoms with Crippen molar-refractivity contribution < 1.29 is 9.53 Å². The predicted molar refractivity (Wildman–Crippen MR) is 97.8 cm³/mol. The smallest absolute Gasteiger partial charge is 0.250 e. The van der Waals surface area contributed by atoms with Gasteiger partial charge >= 0.3 is 0 Å². The summed E-state index contributed by atoms with van der Waals surface area (Å²) < 4.78 is 5.07. The molecule has 0 aliphatic heterocycles. The van der Waals surface area contributed by atoms with Crippen LogP contribution in [-0.2, 0) is 4.79 Å². The molecule has 0 aliphatic rings. The summed E-state index contributed by atoms with van der Waals surface area (Å²) in [5.74, 6) is 0.432. The molecule has 0 aliphatic carbocycles. The van der Waals surface area contributed by atoms with Crippen LogP contribution in [0.15, 0.2) is 54.6 Å². The third-order valence-electron chi connectivity index (χ3n) is 2.90. The normalized spacial score (nSPS) is 10.3. The Kier molecular flexibility index (Phi) is 6.14. The molecule has 6 heteroatoms. The number of benzene rings is 2. The van der Waals surface area contributed by atoms with Crippen LogP contribution in [0.5, 0.6) is 5.75 Å². The number of halogens is 1. The number of thiocarbonyl (C=S) groups is 1. The quantitative estimate of drug-likeness (QED) is 0.651. The molecular weight excluding hydrogens is 332 g/mol. The highest BCUT2D eigenvalue weighted by molar-refractivity contribution is 7.80. The molecule has 2 aromatic carbocycles. The summed E-state index contributed by atoms with van der Waals surface area (Å²) in [7, 11) is 1.60. The summed E-state index contributed by atoms with van der Waals surface area (Å²) in [6.07, 6.45) is 3.09. The van der Waals surface area contributed by atoms with Gasteiger partial charge in [-0.05, 0) is 48.1 Å². The minimum Gasteiger partial charge on any atom is -0.497 e. The van der Waals surface area contributed by atoms with Gasteiger partial charge in [0.2, 0.25) is 5.91 Å². The fourth-order valence-corrected chi connectivity index (χ4v) is 2.15. The number of methoxy groups -OCH3 is 1. The minimum absolute atomic E-state index is 0.183. The van der Waals surface area contributed by atoms with Crippen LogP contribution in [0, 0.1) is 0 Å². The molecule has 23 heavy (non-hydrogen) atoms. The molecule has 0 atom stereocenters. The zero-order valence-corrected chi connectivity index (χ0v) is 13.9. The lowest BCUT2D eigenvalue weighted by Gasteiger charge is -2.09. The maximum absolute atomic E-state index is 11.8. The van der Waals surface area contributed by atoms with E-state index in [9.17, 15) is 4.79 Å². The van der Waals surface area contributed by atoms with Gasteiger partial charge in [0.15, 0.2) is 5.11 Å². The van der Waals surface area contributed by atoms with E-state index in [-0.39, 0.29) is 11.0 Å². The Labute approximate surface area is 145 Å². The zero-order chi connectivity index (χ0) is 16.7. The number of ether oxygens (including phenoxy) is 1. The van der Waals surface area contributed by atoms with Crippen LogP contribution in [0.1, 0.15) is 5.56 Å². The van der Waals surface area contributed by atoms with Gasteiger partial charge in [0.1, 0.15) is 5.75 Å². The molecule has 1 amide bonds. The van der Waals surface area contributed by atoms with Crippen LogP contribution in [-0.4, -0.2) is 18.1 Å². The van der Waals surface area contributed by atoms with E-state index in [4.69, 9.17) is 28.6 Å². The predicted octanol–water partition coefficient (Wildman–Crippen LogP) is 3.88. The second kappa shape index (κ2) is 8.31. The fraction of sp³-hybridized carbons (Fsp3) is 0.0588. The fourth-order valence-electron chi connectivity index (χ4n) is 1.76. The summed E-state index contributed by atoms with van der Waals surface area (Å²) in [6.45, 7) is 0. The minimum atomic E-state index is -0.328. The standard InChI is InChI=1S/C17H15ClN2O2S/c1-22-13-9-6-12(7-10-13)8-11-16(21)20-17(23)19-15-5-3-2-4-14(15)18/h2-11H,1H3,(H2,19,20,21,23). The number of carbonyl (C=O) groups excluding carboxylic acids is 1. The van der Waals surface area contributed by atoms with E-state index in [1.807, 2.05) is 36.4 Å². The molecule has 2 N–H and O–H groups in total. The van der Waals surface area contributed by atoms with Crippen molar-refractivity contribution in [3.8, 4) is 5.75 Å². The molecule has 2 rings (SSSR count). The van der Waals surface area contributed by atoms with Gasteiger partial charge in [-0.25, -0.2) is 0 Å². The van der Waals surface area contributed by atoms with Crippen molar-refractivity contribution in [2.75, 3.05) is 12.4 Å². The maximum Gasteiger partial charge on any atom is 0.250 e. The molecule has 0 fully saturated rings. The van der Waals surface area contributed by atoms with Gasteiger partial charge < -0.3 is 10.1 Å². The first-order chi connectivity index (χ1) is 11.1. The Hall–Kier alpha value is -2.37. The first kappa shape index (κ1) is 17.0. The third kappa shape index (κ3) is 5.39. The average Bonchev–Trinajstić information content (AvgIpc) is 2.55. The van der Waals surface area contributed by atoms with Crippen molar-refractivity contribution in [1.82, 2.24) is 5.32 Å². The van der Waals surface area contributed by atoms with Crippen LogP contribution in [0.4, 0.5) is 5.69 Å². The molecule has 118 valence electrons. The summed E-state index contributed by atoms with van der Waals surface area (Å²) in [4.78, 5) is 11.8. The Morgan fingerprint density at radius 3 is 2.52 bits per heavy atom. The van der Waals surface area contributed by atoms with Gasteiger partial charge in [0, 0.05) is 6.08 Å². The van der Waals surface area contributed by atoms with Crippen LogP contribution in [0.3, 0.4) is 0 Å². The molecule has 0 saturated heterocycles. The van der Waals surface area contributed by atoms with Crippen LogP contribution < -0.4 is 15.4 Å². The van der Waals surface area contributed by atoms with Gasteiger partial charge in [-0.15, -0.1) is 0 Å². The van der Waals surface area contributed by atoms with Gasteiger partial charge in [0.05, 0.1) is 17.8 Å². The van der Waals surface area contributed by atoms with Crippen LogP contribution >= 0.6 is 23.8 Å². The van der Waals surface area contributed by atoms with E-state index in [2.05, 4.69) is 10.6 Å². The lowest BCUT2D eigenvalue weighted by Crippen LogP contribution is -2.32. The van der Waals surface area contributed by atoms with Crippen molar-refractivity contribution in [2.45, 2.75) is 0 Å². The molecule has 0 heterocycles. The number of hydrogen-bond acceptors (Lipinski definition) is 3. The van der Waals surface area contributed by atoms with Gasteiger partial charge in [-0.2, -0.15) is 0 Å². The number of amides is 1. The Morgan fingerprint density at radius 2 is 1.87 bits per heavy atom. The van der Waals surface area contributed by atoms with E-state index in [0.29, 0.717) is 10.7 Å². The third-order valence-corrected chi connectivity index (χ3v) is 3.44. The first-order valence-electron chi connectivity index (χ1n) is 6.77. The monoisotopic (exact) mass is 346 g/mol. The number of para-hydroxylation sites is 1. The van der Waals surface area contributed by atoms with E-state index >= 15 is 0 Å². The maximum atomic E-state index is 11.8. The Balaban J connectivity index is 1.89. The van der Waals surface area contributed by atoms with Crippen molar-refractivity contribution in [2.24, 2.45) is 0 Å². The molecular formula is C17H15ClN2O2S. The number of carbonyl (C=O) groups is 1. The number of nitrogens with one attached hydrogen (secondary N) is 2. The summed E-state index contributed by atoms with van der Waals surface area (Å²) in [5.41, 5.74) is 1.52. The average molecular weight is 347 g/mol. The number of hydrogen-bond donors (Lipinski definition) is 2. The SMILES string of the molecule is COc1ccc(C=CC(=O)NC(=S)Nc2ccccc2Cl)cc1. The van der Waals surface area contributed by atoms with Gasteiger partial charge in [-0.1, -0.05) is 35.9 Å². The molecule has 0 unspecified atom stereocenters. The summed E-state index contributed by atoms with van der Waals surface area (Å²) in [6, 6.07) is 14.5. The Bertz CT molecular complexity index is 730. The zero-order valence-electron chi connectivity index (χ0n) is 12.4. The summed E-state index contributed by atoms with van der Waals surface area (Å²) >= 11 is 11.1. The molecule has 0 aromatic heterocycles. The highest BCUT2D eigenvalue weighted by Gasteiger charge is 2.04. The Morgan fingerprint density at radius 1 is 1.17 bits per heavy atom. The highest BCUT2D eigenvalue weighted by Crippen LogP contribution is 2.20. The number of rotatable bonds is 4. The van der Waals surface area contributed by atoms with E-state index < -0.39 is 0 Å². The summed E-state index contributed by atoms with van der Waals surface area (Å²) in [5, 5.41) is 6.14. The van der Waals surface area contributed by atoms with E-state index in [1.54, 1.807) is 25.3 Å². The first-order valence-corrected chi connectivity index (χ1v) is 7.56. The van der Waals surface area contributed by atoms with Gasteiger partial charge in [0.25, 0.3) is 0 Å². The molecule has 0 radical (unpaired) electrons. The topological polar surface area (TPSA) is 50.4 Å². The molecule has 0 bridgehead atoms. The van der Waals surface area contributed by atoms with Crippen LogP contribution in [0.25, 0.3) is 6.08 Å². The van der Waals surface area contributed by atoms with E-state index in [0.717, 1.165) is 11.3 Å². The largest absolute Gasteiger partial charge is 0.497 e. The lowest BCUT2D eigenvalue weighted by atomic mass is 10.2. The van der Waals surface area contributed by atoms with Crippen molar-refractivity contribution in [1.29, 1.82) is 0 Å². The van der Waals surface area contributed by atoms with Crippen molar-refractivity contribution in [3.63, 3.8) is 0 Å². The highest BCUT2D eigenvalue weighted by atomic mass is 35.5. The lowest BCUT2D eigenvalue weighted by molar-refractivity contribution is -0.115. The second-order valence-electron chi connectivity index (χ2n) is 4.53. The van der Waals surface area contributed by atoms with E-state index in [1.165, 1.54) is 6.08 Å². The van der Waals surface area contributed by atoms with Crippen molar-refractivity contribution in [3.05, 3.63) is 65.2 Å². The molecule has 2 aromatic rings. The molecule has 4 nitrogen and oxygen atoms in total. The van der Waals surface area contributed by atoms with Crippen molar-refractivity contribution >= 4 is 46.6 Å². The van der Waals surface area contributed by atoms with Crippen LogP contribution in [0.2, 0.25) is 5.02 Å². The van der Waals surface area contributed by atoms with Gasteiger partial charge in [-0.3, -0.25) is 10.1 Å². The molecule has 0 saturated carbocycles. The molecule has 0 spiro atoms.